The Hall–Kier alpha value is -1.46. The summed E-state index contributed by atoms with van der Waals surface area (Å²) in [5, 5.41) is 3.93. The normalized spacial score (nSPS) is 16.0. The molecule has 2 rings (SSSR count). The average Bonchev–Trinajstić information content (AvgIpc) is 3.34. The molecule has 0 bridgehead atoms. The third-order valence-electron chi connectivity index (χ3n) is 3.19. The SMILES string of the molecule is C=C/C=C(NCC1CC1)\C(N)=C(\Br)COc1ccc(Cl)cn1. The lowest BCUT2D eigenvalue weighted by molar-refractivity contribution is 0.345. The second-order valence-corrected chi connectivity index (χ2v) is 6.46. The van der Waals surface area contributed by atoms with Crippen molar-refractivity contribution in [2.24, 2.45) is 11.7 Å². The number of rotatable bonds is 8. The maximum Gasteiger partial charge on any atom is 0.213 e. The lowest BCUT2D eigenvalue weighted by Crippen LogP contribution is -2.22. The second kappa shape index (κ2) is 8.25. The second-order valence-electron chi connectivity index (χ2n) is 5.06. The third kappa shape index (κ3) is 5.39. The largest absolute Gasteiger partial charge is 0.472 e. The maximum absolute atomic E-state index is 6.18. The number of pyridine rings is 1. The predicted octanol–water partition coefficient (Wildman–Crippen LogP) is 3.75. The molecule has 118 valence electrons. The standard InChI is InChI=1S/C16H19BrClN3O/c1-2-3-14(20-8-11-4-5-11)16(19)13(17)10-22-15-7-6-12(18)9-21-15/h2-3,6-7,9,11,20H,1,4-5,8,10,19H2/b14-3+,16-13-. The van der Waals surface area contributed by atoms with Gasteiger partial charge in [-0.05, 0) is 46.8 Å². The first-order valence-electron chi connectivity index (χ1n) is 7.05. The molecule has 0 aromatic carbocycles. The van der Waals surface area contributed by atoms with Crippen molar-refractivity contribution in [2.75, 3.05) is 13.2 Å². The summed E-state index contributed by atoms with van der Waals surface area (Å²) in [6, 6.07) is 3.44. The van der Waals surface area contributed by atoms with Crippen molar-refractivity contribution in [3.63, 3.8) is 0 Å². The van der Waals surface area contributed by atoms with Gasteiger partial charge in [-0.15, -0.1) is 0 Å². The van der Waals surface area contributed by atoms with E-state index in [1.807, 2.05) is 6.08 Å². The minimum Gasteiger partial charge on any atom is -0.472 e. The molecule has 0 spiro atoms. The molecule has 1 saturated carbocycles. The van der Waals surface area contributed by atoms with Crippen molar-refractivity contribution in [3.8, 4) is 5.88 Å². The summed E-state index contributed by atoms with van der Waals surface area (Å²) in [5.41, 5.74) is 7.63. The zero-order valence-electron chi connectivity index (χ0n) is 12.2. The molecule has 1 heterocycles. The van der Waals surface area contributed by atoms with E-state index in [9.17, 15) is 0 Å². The monoisotopic (exact) mass is 383 g/mol. The highest BCUT2D eigenvalue weighted by molar-refractivity contribution is 9.11. The van der Waals surface area contributed by atoms with Gasteiger partial charge >= 0.3 is 0 Å². The van der Waals surface area contributed by atoms with Gasteiger partial charge in [-0.2, -0.15) is 0 Å². The van der Waals surface area contributed by atoms with Crippen LogP contribution in [-0.4, -0.2) is 18.1 Å². The van der Waals surface area contributed by atoms with E-state index in [0.717, 1.165) is 22.6 Å². The highest BCUT2D eigenvalue weighted by Gasteiger charge is 2.21. The van der Waals surface area contributed by atoms with E-state index in [4.69, 9.17) is 22.1 Å². The van der Waals surface area contributed by atoms with Crippen LogP contribution < -0.4 is 15.8 Å². The molecule has 3 N–H and O–H groups in total. The van der Waals surface area contributed by atoms with Crippen molar-refractivity contribution in [1.29, 1.82) is 0 Å². The number of halogens is 2. The van der Waals surface area contributed by atoms with Crippen molar-refractivity contribution in [1.82, 2.24) is 10.3 Å². The summed E-state index contributed by atoms with van der Waals surface area (Å²) in [6.07, 6.45) is 7.68. The van der Waals surface area contributed by atoms with Gasteiger partial charge in [0.25, 0.3) is 0 Å². The molecule has 0 unspecified atom stereocenters. The van der Waals surface area contributed by atoms with Crippen molar-refractivity contribution in [3.05, 3.63) is 58.0 Å². The van der Waals surface area contributed by atoms with E-state index in [2.05, 4.69) is 32.8 Å². The first kappa shape index (κ1) is 16.9. The molecule has 1 aliphatic rings. The van der Waals surface area contributed by atoms with Crippen LogP contribution in [-0.2, 0) is 0 Å². The average molecular weight is 385 g/mol. The molecule has 0 atom stereocenters. The summed E-state index contributed by atoms with van der Waals surface area (Å²) in [7, 11) is 0. The molecule has 0 saturated heterocycles. The summed E-state index contributed by atoms with van der Waals surface area (Å²) in [5.74, 6) is 1.25. The molecule has 4 nitrogen and oxygen atoms in total. The van der Waals surface area contributed by atoms with Crippen molar-refractivity contribution >= 4 is 27.5 Å². The smallest absolute Gasteiger partial charge is 0.213 e. The lowest BCUT2D eigenvalue weighted by Gasteiger charge is -2.13. The summed E-state index contributed by atoms with van der Waals surface area (Å²) < 4.78 is 6.33. The number of hydrogen-bond acceptors (Lipinski definition) is 4. The minimum atomic E-state index is 0.292. The molecule has 22 heavy (non-hydrogen) atoms. The minimum absolute atomic E-state index is 0.292. The summed E-state index contributed by atoms with van der Waals surface area (Å²) in [6.45, 7) is 4.95. The molecule has 1 fully saturated rings. The Morgan fingerprint density at radius 1 is 1.55 bits per heavy atom. The zero-order valence-corrected chi connectivity index (χ0v) is 14.5. The topological polar surface area (TPSA) is 60.2 Å². The molecule has 0 amide bonds. The number of nitrogens with one attached hydrogen (secondary N) is 1. The van der Waals surface area contributed by atoms with Crippen LogP contribution in [0.5, 0.6) is 5.88 Å². The first-order valence-corrected chi connectivity index (χ1v) is 8.22. The molecule has 6 heteroatoms. The zero-order chi connectivity index (χ0) is 15.9. The quantitative estimate of drug-likeness (QED) is 0.670. The Bertz CT molecular complexity index is 580. The van der Waals surface area contributed by atoms with E-state index < -0.39 is 0 Å². The van der Waals surface area contributed by atoms with Gasteiger partial charge in [-0.3, -0.25) is 0 Å². The number of ether oxygens (including phenoxy) is 1. The van der Waals surface area contributed by atoms with Crippen LogP contribution in [0.4, 0.5) is 0 Å². The number of hydrogen-bond donors (Lipinski definition) is 2. The van der Waals surface area contributed by atoms with E-state index in [1.54, 1.807) is 18.2 Å². The van der Waals surface area contributed by atoms with Crippen LogP contribution in [0.3, 0.4) is 0 Å². The van der Waals surface area contributed by atoms with Gasteiger partial charge in [0.05, 0.1) is 20.9 Å². The van der Waals surface area contributed by atoms with E-state index in [1.165, 1.54) is 19.0 Å². The Morgan fingerprint density at radius 3 is 2.91 bits per heavy atom. The predicted molar refractivity (Wildman–Crippen MR) is 93.9 cm³/mol. The van der Waals surface area contributed by atoms with Gasteiger partial charge in [0.2, 0.25) is 5.88 Å². The lowest BCUT2D eigenvalue weighted by atomic mass is 10.2. The summed E-state index contributed by atoms with van der Waals surface area (Å²) >= 11 is 9.25. The molecule has 1 aliphatic carbocycles. The fourth-order valence-corrected chi connectivity index (χ4v) is 2.19. The van der Waals surface area contributed by atoms with Crippen LogP contribution in [0.25, 0.3) is 0 Å². The molecule has 0 aliphatic heterocycles. The van der Waals surface area contributed by atoms with Gasteiger partial charge in [-0.25, -0.2) is 4.98 Å². The number of nitrogens with two attached hydrogens (primary N) is 1. The van der Waals surface area contributed by atoms with Gasteiger partial charge < -0.3 is 15.8 Å². The fraction of sp³-hybridized carbons (Fsp3) is 0.312. The fourth-order valence-electron chi connectivity index (χ4n) is 1.75. The van der Waals surface area contributed by atoms with Crippen LogP contribution in [0.1, 0.15) is 12.8 Å². The van der Waals surface area contributed by atoms with E-state index in [0.29, 0.717) is 23.2 Å². The molecule has 1 aromatic rings. The Kier molecular flexibility index (Phi) is 6.34. The van der Waals surface area contributed by atoms with E-state index in [-0.39, 0.29) is 0 Å². The highest BCUT2D eigenvalue weighted by atomic mass is 79.9. The number of nitrogens with zero attached hydrogens (tertiary/aromatic N) is 1. The van der Waals surface area contributed by atoms with E-state index >= 15 is 0 Å². The van der Waals surface area contributed by atoms with Crippen LogP contribution in [0, 0.1) is 5.92 Å². The van der Waals surface area contributed by atoms with Gasteiger partial charge in [0, 0.05) is 18.8 Å². The highest BCUT2D eigenvalue weighted by Crippen LogP contribution is 2.28. The van der Waals surface area contributed by atoms with Crippen LogP contribution in [0.15, 0.2) is 52.9 Å². The van der Waals surface area contributed by atoms with Crippen LogP contribution >= 0.6 is 27.5 Å². The van der Waals surface area contributed by atoms with Crippen LogP contribution in [0.2, 0.25) is 5.02 Å². The molecule has 0 radical (unpaired) electrons. The first-order chi connectivity index (χ1) is 10.6. The Labute approximate surface area is 144 Å². The Balaban J connectivity index is 1.96. The van der Waals surface area contributed by atoms with Crippen molar-refractivity contribution < 1.29 is 4.74 Å². The maximum atomic E-state index is 6.18. The Morgan fingerprint density at radius 2 is 2.32 bits per heavy atom. The van der Waals surface area contributed by atoms with Gasteiger partial charge in [-0.1, -0.05) is 24.3 Å². The molecular formula is C16H19BrClN3O. The number of aromatic nitrogens is 1. The molecule has 1 aromatic heterocycles. The molecular weight excluding hydrogens is 366 g/mol. The number of allylic oxidation sites excluding steroid dienone is 2. The van der Waals surface area contributed by atoms with Crippen molar-refractivity contribution in [2.45, 2.75) is 12.8 Å². The van der Waals surface area contributed by atoms with Gasteiger partial charge in [0.15, 0.2) is 0 Å². The third-order valence-corrected chi connectivity index (χ3v) is 4.07. The van der Waals surface area contributed by atoms with Gasteiger partial charge in [0.1, 0.15) is 6.61 Å². The summed E-state index contributed by atoms with van der Waals surface area (Å²) in [4.78, 5) is 4.07.